The second kappa shape index (κ2) is 3.78. The fourth-order valence-corrected chi connectivity index (χ4v) is 2.39. The molecule has 1 aliphatic rings. The zero-order valence-electron chi connectivity index (χ0n) is 9.18. The quantitative estimate of drug-likeness (QED) is 0.768. The second-order valence-corrected chi connectivity index (χ2v) is 5.24. The van der Waals surface area contributed by atoms with Gasteiger partial charge in [0.25, 0.3) is 0 Å². The van der Waals surface area contributed by atoms with Crippen LogP contribution in [0.15, 0.2) is 18.2 Å². The van der Waals surface area contributed by atoms with Gasteiger partial charge in [0.05, 0.1) is 0 Å². The largest absolute Gasteiger partial charge is 0.324 e. The van der Waals surface area contributed by atoms with Crippen molar-refractivity contribution in [1.82, 2.24) is 5.32 Å². The maximum atomic E-state index is 6.17. The van der Waals surface area contributed by atoms with E-state index in [0.717, 1.165) is 18.0 Å². The molecule has 0 fully saturated rings. The molecule has 0 bridgehead atoms. The van der Waals surface area contributed by atoms with Crippen LogP contribution in [-0.2, 0) is 6.42 Å². The first-order chi connectivity index (χ1) is 6.98. The summed E-state index contributed by atoms with van der Waals surface area (Å²) < 4.78 is 0. The lowest BCUT2D eigenvalue weighted by molar-refractivity contribution is 0.337. The summed E-state index contributed by atoms with van der Waals surface area (Å²) in [6.07, 6.45) is 1.03. The summed E-state index contributed by atoms with van der Waals surface area (Å²) in [5.41, 5.74) is 8.53. The van der Waals surface area contributed by atoms with Crippen LogP contribution in [-0.4, -0.2) is 12.1 Å². The van der Waals surface area contributed by atoms with Crippen molar-refractivity contribution in [3.63, 3.8) is 0 Å². The molecule has 0 aliphatic carbocycles. The summed E-state index contributed by atoms with van der Waals surface area (Å²) in [4.78, 5) is 0. The summed E-state index contributed by atoms with van der Waals surface area (Å²) >= 11 is 5.99. The van der Waals surface area contributed by atoms with E-state index in [1.54, 1.807) is 0 Å². The Morgan fingerprint density at radius 3 is 2.87 bits per heavy atom. The van der Waals surface area contributed by atoms with Crippen molar-refractivity contribution in [2.75, 3.05) is 6.54 Å². The summed E-state index contributed by atoms with van der Waals surface area (Å²) in [6, 6.07) is 6.30. The highest BCUT2D eigenvalue weighted by Crippen LogP contribution is 2.31. The molecule has 0 aromatic heterocycles. The van der Waals surface area contributed by atoms with Crippen LogP contribution in [0.1, 0.15) is 31.0 Å². The van der Waals surface area contributed by atoms with Gasteiger partial charge in [0, 0.05) is 16.6 Å². The van der Waals surface area contributed by atoms with E-state index < -0.39 is 0 Å². The smallest absolute Gasteiger partial charge is 0.0500 e. The van der Waals surface area contributed by atoms with Crippen LogP contribution >= 0.6 is 11.6 Å². The van der Waals surface area contributed by atoms with Crippen molar-refractivity contribution >= 4 is 11.6 Å². The Morgan fingerprint density at radius 2 is 2.20 bits per heavy atom. The minimum Gasteiger partial charge on any atom is -0.324 e. The van der Waals surface area contributed by atoms with Crippen molar-refractivity contribution in [3.8, 4) is 0 Å². The number of fused-ring (bicyclic) bond motifs is 1. The fraction of sp³-hybridized carbons (Fsp3) is 0.500. The zero-order chi connectivity index (χ0) is 11.1. The third kappa shape index (κ3) is 2.17. The van der Waals surface area contributed by atoms with Gasteiger partial charge in [0.1, 0.15) is 0 Å². The molecule has 3 N–H and O–H groups in total. The highest BCUT2D eigenvalue weighted by molar-refractivity contribution is 6.30. The number of benzene rings is 1. The Bertz CT molecular complexity index is 368. The monoisotopic (exact) mass is 224 g/mol. The molecule has 3 heteroatoms. The van der Waals surface area contributed by atoms with Gasteiger partial charge in [-0.05, 0) is 50.1 Å². The van der Waals surface area contributed by atoms with Crippen molar-refractivity contribution < 1.29 is 0 Å². The standard InChI is InChI=1S/C12H17ClN2/c1-12(2,14)11-10-4-3-9(13)7-8(10)5-6-15-11/h3-4,7,11,15H,5-6,14H2,1-2H3. The van der Waals surface area contributed by atoms with E-state index in [0.29, 0.717) is 0 Å². The van der Waals surface area contributed by atoms with Gasteiger partial charge in [-0.3, -0.25) is 0 Å². The van der Waals surface area contributed by atoms with Crippen molar-refractivity contribution in [2.45, 2.75) is 31.8 Å². The van der Waals surface area contributed by atoms with Crippen LogP contribution in [0.3, 0.4) is 0 Å². The minimum absolute atomic E-state index is 0.221. The third-order valence-corrected chi connectivity index (χ3v) is 3.14. The molecule has 1 unspecified atom stereocenters. The van der Waals surface area contributed by atoms with E-state index in [9.17, 15) is 0 Å². The maximum absolute atomic E-state index is 6.17. The fourth-order valence-electron chi connectivity index (χ4n) is 2.20. The minimum atomic E-state index is -0.247. The summed E-state index contributed by atoms with van der Waals surface area (Å²) in [5.74, 6) is 0. The van der Waals surface area contributed by atoms with Crippen molar-refractivity contribution in [3.05, 3.63) is 34.3 Å². The molecule has 1 aliphatic heterocycles. The molecular weight excluding hydrogens is 208 g/mol. The van der Waals surface area contributed by atoms with Crippen LogP contribution in [0.2, 0.25) is 5.02 Å². The topological polar surface area (TPSA) is 38.0 Å². The van der Waals surface area contributed by atoms with Gasteiger partial charge in [-0.25, -0.2) is 0 Å². The normalized spacial score (nSPS) is 21.2. The molecule has 1 aromatic rings. The predicted molar refractivity (Wildman–Crippen MR) is 64.2 cm³/mol. The first-order valence-electron chi connectivity index (χ1n) is 5.29. The van der Waals surface area contributed by atoms with Crippen LogP contribution in [0.4, 0.5) is 0 Å². The maximum Gasteiger partial charge on any atom is 0.0500 e. The van der Waals surface area contributed by atoms with E-state index in [2.05, 4.69) is 17.4 Å². The molecule has 82 valence electrons. The zero-order valence-corrected chi connectivity index (χ0v) is 9.93. The molecule has 0 saturated heterocycles. The van der Waals surface area contributed by atoms with E-state index in [-0.39, 0.29) is 11.6 Å². The molecule has 15 heavy (non-hydrogen) atoms. The van der Waals surface area contributed by atoms with Crippen LogP contribution in [0.5, 0.6) is 0 Å². The summed E-state index contributed by atoms with van der Waals surface area (Å²) in [7, 11) is 0. The Hall–Kier alpha value is -0.570. The SMILES string of the molecule is CC(C)(N)C1NCCc2cc(Cl)ccc21. The third-order valence-electron chi connectivity index (χ3n) is 2.90. The predicted octanol–water partition coefficient (Wildman–Crippen LogP) is 2.26. The van der Waals surface area contributed by atoms with Crippen LogP contribution < -0.4 is 11.1 Å². The number of hydrogen-bond donors (Lipinski definition) is 2. The Kier molecular flexibility index (Phi) is 2.75. The number of halogens is 1. The molecule has 2 rings (SSSR count). The van der Waals surface area contributed by atoms with Gasteiger partial charge in [-0.1, -0.05) is 17.7 Å². The van der Waals surface area contributed by atoms with Gasteiger partial charge in [-0.15, -0.1) is 0 Å². The van der Waals surface area contributed by atoms with Crippen molar-refractivity contribution in [2.24, 2.45) is 5.73 Å². The van der Waals surface area contributed by atoms with Crippen LogP contribution in [0, 0.1) is 0 Å². The molecule has 0 saturated carbocycles. The number of rotatable bonds is 1. The van der Waals surface area contributed by atoms with E-state index >= 15 is 0 Å². The van der Waals surface area contributed by atoms with Gasteiger partial charge in [0.2, 0.25) is 0 Å². The lowest BCUT2D eigenvalue weighted by Gasteiger charge is -2.36. The number of nitrogens with one attached hydrogen (secondary N) is 1. The Balaban J connectivity index is 2.43. The summed E-state index contributed by atoms with van der Waals surface area (Å²) in [5, 5.41) is 4.28. The Morgan fingerprint density at radius 1 is 1.47 bits per heavy atom. The molecule has 1 atom stereocenters. The van der Waals surface area contributed by atoms with Gasteiger partial charge in [-0.2, -0.15) is 0 Å². The lowest BCUT2D eigenvalue weighted by atomic mass is 9.84. The summed E-state index contributed by atoms with van der Waals surface area (Å²) in [6.45, 7) is 5.07. The highest BCUT2D eigenvalue weighted by atomic mass is 35.5. The molecule has 0 amide bonds. The van der Waals surface area contributed by atoms with E-state index in [1.807, 2.05) is 19.9 Å². The lowest BCUT2D eigenvalue weighted by Crippen LogP contribution is -2.49. The average Bonchev–Trinajstić information content (AvgIpc) is 2.15. The molecule has 1 aromatic carbocycles. The number of hydrogen-bond acceptors (Lipinski definition) is 2. The van der Waals surface area contributed by atoms with Gasteiger partial charge >= 0.3 is 0 Å². The molecular formula is C12H17ClN2. The Labute approximate surface area is 95.8 Å². The highest BCUT2D eigenvalue weighted by Gasteiger charge is 2.30. The molecule has 2 nitrogen and oxygen atoms in total. The number of nitrogens with two attached hydrogens (primary N) is 1. The molecule has 1 heterocycles. The van der Waals surface area contributed by atoms with E-state index in [4.69, 9.17) is 17.3 Å². The van der Waals surface area contributed by atoms with E-state index in [1.165, 1.54) is 11.1 Å². The second-order valence-electron chi connectivity index (χ2n) is 4.80. The van der Waals surface area contributed by atoms with Crippen molar-refractivity contribution in [1.29, 1.82) is 0 Å². The molecule has 0 radical (unpaired) electrons. The first kappa shape index (κ1) is 10.9. The first-order valence-corrected chi connectivity index (χ1v) is 5.67. The van der Waals surface area contributed by atoms with Gasteiger partial charge in [0.15, 0.2) is 0 Å². The average molecular weight is 225 g/mol. The van der Waals surface area contributed by atoms with Gasteiger partial charge < -0.3 is 11.1 Å². The molecule has 0 spiro atoms. The van der Waals surface area contributed by atoms with Crippen LogP contribution in [0.25, 0.3) is 0 Å².